The van der Waals surface area contributed by atoms with Gasteiger partial charge >= 0.3 is 0 Å². The van der Waals surface area contributed by atoms with Crippen molar-refractivity contribution in [3.8, 4) is 0 Å². The second-order valence-corrected chi connectivity index (χ2v) is 6.90. The highest BCUT2D eigenvalue weighted by atomic mass is 32.2. The zero-order valence-corrected chi connectivity index (χ0v) is 12.9. The summed E-state index contributed by atoms with van der Waals surface area (Å²) in [5.74, 6) is 0.749. The van der Waals surface area contributed by atoms with Crippen molar-refractivity contribution >= 4 is 21.4 Å². The molecule has 0 aliphatic heterocycles. The zero-order valence-electron chi connectivity index (χ0n) is 12.1. The van der Waals surface area contributed by atoms with Gasteiger partial charge in [-0.25, -0.2) is 12.7 Å². The Labute approximate surface area is 123 Å². The van der Waals surface area contributed by atoms with Crippen molar-refractivity contribution in [1.29, 1.82) is 0 Å². The first-order chi connectivity index (χ1) is 9.82. The Balaban J connectivity index is 2.19. The Hall–Kier alpha value is -2.13. The molecule has 0 saturated carbocycles. The van der Waals surface area contributed by atoms with Crippen LogP contribution < -0.4 is 11.1 Å². The van der Waals surface area contributed by atoms with E-state index in [0.717, 1.165) is 10.1 Å². The van der Waals surface area contributed by atoms with Crippen molar-refractivity contribution in [2.24, 2.45) is 7.05 Å². The number of anilines is 2. The van der Waals surface area contributed by atoms with E-state index in [1.165, 1.54) is 26.2 Å². The van der Waals surface area contributed by atoms with Gasteiger partial charge in [-0.3, -0.25) is 0 Å². The van der Waals surface area contributed by atoms with Gasteiger partial charge in [-0.05, 0) is 18.2 Å². The molecule has 1 aromatic heterocycles. The predicted molar refractivity (Wildman–Crippen MR) is 80.1 cm³/mol. The number of nitrogens with zero attached hydrogens (tertiary/aromatic N) is 4. The third-order valence-corrected chi connectivity index (χ3v) is 4.85. The maximum Gasteiger partial charge on any atom is 0.242 e. The quantitative estimate of drug-likeness (QED) is 0.767. The number of nitrogens with two attached hydrogens (primary N) is 1. The molecule has 0 aliphatic carbocycles. The minimum Gasteiger partial charge on any atom is -0.397 e. The number of nitrogens with one attached hydrogen (secondary N) is 1. The molecule has 0 radical (unpaired) electrons. The summed E-state index contributed by atoms with van der Waals surface area (Å²) in [4.78, 5) is 0.161. The molecular formula is C12H18N6O2S. The van der Waals surface area contributed by atoms with E-state index >= 15 is 0 Å². The molecule has 0 aliphatic rings. The van der Waals surface area contributed by atoms with E-state index in [-0.39, 0.29) is 4.90 Å². The highest BCUT2D eigenvalue weighted by Gasteiger charge is 2.18. The van der Waals surface area contributed by atoms with Crippen molar-refractivity contribution in [3.05, 3.63) is 30.4 Å². The maximum atomic E-state index is 12.0. The molecule has 2 aromatic rings. The molecule has 1 heterocycles. The SMILES string of the molecule is CN(C)S(=O)(=O)c1ccc(NCc2nncn2C)c(N)c1. The number of aryl methyl sites for hydroxylation is 1. The summed E-state index contributed by atoms with van der Waals surface area (Å²) in [7, 11) is 1.31. The van der Waals surface area contributed by atoms with E-state index in [0.29, 0.717) is 17.9 Å². The van der Waals surface area contributed by atoms with Gasteiger partial charge in [0.15, 0.2) is 5.82 Å². The minimum atomic E-state index is -3.48. The third-order valence-electron chi connectivity index (χ3n) is 3.04. The van der Waals surface area contributed by atoms with Crippen LogP contribution in [0.25, 0.3) is 0 Å². The Morgan fingerprint density at radius 3 is 2.62 bits per heavy atom. The van der Waals surface area contributed by atoms with Gasteiger partial charge in [-0.2, -0.15) is 0 Å². The summed E-state index contributed by atoms with van der Waals surface area (Å²) in [6, 6.07) is 4.60. The smallest absolute Gasteiger partial charge is 0.242 e. The molecule has 2 rings (SSSR count). The molecular weight excluding hydrogens is 292 g/mol. The summed E-state index contributed by atoms with van der Waals surface area (Å²) in [6.45, 7) is 0.445. The van der Waals surface area contributed by atoms with E-state index in [9.17, 15) is 8.42 Å². The lowest BCUT2D eigenvalue weighted by Gasteiger charge is -2.14. The number of hydrogen-bond acceptors (Lipinski definition) is 6. The number of rotatable bonds is 5. The first-order valence-corrected chi connectivity index (χ1v) is 7.65. The van der Waals surface area contributed by atoms with Crippen LogP contribution in [-0.2, 0) is 23.6 Å². The van der Waals surface area contributed by atoms with E-state index in [1.54, 1.807) is 17.0 Å². The molecule has 0 saturated heterocycles. The Bertz CT molecular complexity index is 738. The highest BCUT2D eigenvalue weighted by molar-refractivity contribution is 7.89. The summed E-state index contributed by atoms with van der Waals surface area (Å²) in [6.07, 6.45) is 1.60. The molecule has 21 heavy (non-hydrogen) atoms. The summed E-state index contributed by atoms with van der Waals surface area (Å²) in [5, 5.41) is 10.8. The molecule has 0 atom stereocenters. The van der Waals surface area contributed by atoms with Crippen LogP contribution >= 0.6 is 0 Å². The van der Waals surface area contributed by atoms with Gasteiger partial charge in [0.25, 0.3) is 0 Å². The van der Waals surface area contributed by atoms with Gasteiger partial charge in [0.2, 0.25) is 10.0 Å². The Kier molecular flexibility index (Phi) is 4.14. The van der Waals surface area contributed by atoms with E-state index in [4.69, 9.17) is 5.73 Å². The van der Waals surface area contributed by atoms with Crippen LogP contribution in [0, 0.1) is 0 Å². The number of sulfonamides is 1. The first kappa shape index (κ1) is 15.3. The normalized spacial score (nSPS) is 11.8. The molecule has 1 aromatic carbocycles. The van der Waals surface area contributed by atoms with Crippen LogP contribution in [0.4, 0.5) is 11.4 Å². The molecule has 0 amide bonds. The monoisotopic (exact) mass is 310 g/mol. The fourth-order valence-electron chi connectivity index (χ4n) is 1.71. The van der Waals surface area contributed by atoms with Crippen molar-refractivity contribution in [3.63, 3.8) is 0 Å². The largest absolute Gasteiger partial charge is 0.397 e. The number of hydrogen-bond donors (Lipinski definition) is 2. The number of benzene rings is 1. The summed E-state index contributed by atoms with van der Waals surface area (Å²) in [5.41, 5.74) is 6.92. The molecule has 9 heteroatoms. The fraction of sp³-hybridized carbons (Fsp3) is 0.333. The Morgan fingerprint density at radius 1 is 1.38 bits per heavy atom. The molecule has 114 valence electrons. The van der Waals surface area contributed by atoms with Crippen LogP contribution in [0.3, 0.4) is 0 Å². The first-order valence-electron chi connectivity index (χ1n) is 6.21. The lowest BCUT2D eigenvalue weighted by molar-refractivity contribution is 0.521. The van der Waals surface area contributed by atoms with Crippen LogP contribution in [0.5, 0.6) is 0 Å². The summed E-state index contributed by atoms with van der Waals surface area (Å²) >= 11 is 0. The van der Waals surface area contributed by atoms with E-state index in [1.807, 2.05) is 7.05 Å². The minimum absolute atomic E-state index is 0.161. The predicted octanol–water partition coefficient (Wildman–Crippen LogP) is 0.260. The number of nitrogen functional groups attached to an aromatic ring is 1. The van der Waals surface area contributed by atoms with Gasteiger partial charge in [0.1, 0.15) is 6.33 Å². The highest BCUT2D eigenvalue weighted by Crippen LogP contribution is 2.24. The fourth-order valence-corrected chi connectivity index (χ4v) is 2.65. The second-order valence-electron chi connectivity index (χ2n) is 4.75. The van der Waals surface area contributed by atoms with Crippen molar-refractivity contribution < 1.29 is 8.42 Å². The molecule has 0 fully saturated rings. The molecule has 8 nitrogen and oxygen atoms in total. The topological polar surface area (TPSA) is 106 Å². The van der Waals surface area contributed by atoms with E-state index < -0.39 is 10.0 Å². The van der Waals surface area contributed by atoms with Gasteiger partial charge in [0.05, 0.1) is 22.8 Å². The third kappa shape index (κ3) is 3.14. The van der Waals surface area contributed by atoms with Crippen molar-refractivity contribution in [1.82, 2.24) is 19.1 Å². The standard InChI is InChI=1S/C12H18N6O2S/c1-17(2)21(19,20)9-4-5-11(10(13)6-9)14-7-12-16-15-8-18(12)3/h4-6,8,14H,7,13H2,1-3H3. The van der Waals surface area contributed by atoms with Gasteiger partial charge in [-0.15, -0.1) is 10.2 Å². The van der Waals surface area contributed by atoms with Crippen molar-refractivity contribution in [2.45, 2.75) is 11.4 Å². The lowest BCUT2D eigenvalue weighted by Crippen LogP contribution is -2.22. The van der Waals surface area contributed by atoms with Gasteiger partial charge in [0, 0.05) is 21.1 Å². The van der Waals surface area contributed by atoms with Crippen molar-refractivity contribution in [2.75, 3.05) is 25.1 Å². The van der Waals surface area contributed by atoms with Crippen LogP contribution in [0.15, 0.2) is 29.4 Å². The molecule has 0 unspecified atom stereocenters. The lowest BCUT2D eigenvalue weighted by atomic mass is 10.2. The summed E-state index contributed by atoms with van der Waals surface area (Å²) < 4.78 is 27.0. The van der Waals surface area contributed by atoms with Crippen LogP contribution in [-0.4, -0.2) is 41.6 Å². The number of aromatic nitrogens is 3. The second kappa shape index (κ2) is 5.70. The molecule has 3 N–H and O–H groups in total. The zero-order chi connectivity index (χ0) is 15.6. The van der Waals surface area contributed by atoms with Gasteiger partial charge < -0.3 is 15.6 Å². The Morgan fingerprint density at radius 2 is 2.10 bits per heavy atom. The average Bonchev–Trinajstić information content (AvgIpc) is 2.82. The molecule has 0 bridgehead atoms. The van der Waals surface area contributed by atoms with Crippen LogP contribution in [0.2, 0.25) is 0 Å². The van der Waals surface area contributed by atoms with E-state index in [2.05, 4.69) is 15.5 Å². The average molecular weight is 310 g/mol. The van der Waals surface area contributed by atoms with Gasteiger partial charge in [-0.1, -0.05) is 0 Å². The molecule has 0 spiro atoms. The maximum absolute atomic E-state index is 12.0. The van der Waals surface area contributed by atoms with Crippen LogP contribution in [0.1, 0.15) is 5.82 Å².